The second-order valence-electron chi connectivity index (χ2n) is 2.59. The van der Waals surface area contributed by atoms with Gasteiger partial charge in [0.1, 0.15) is 17.5 Å². The summed E-state index contributed by atoms with van der Waals surface area (Å²) in [5.41, 5.74) is 1.21. The molecule has 1 rings (SSSR count). The van der Waals surface area contributed by atoms with E-state index >= 15 is 0 Å². The van der Waals surface area contributed by atoms with Crippen molar-refractivity contribution in [1.29, 1.82) is 0 Å². The van der Waals surface area contributed by atoms with Crippen LogP contribution in [0.2, 0.25) is 0 Å². The molecule has 0 spiro atoms. The van der Waals surface area contributed by atoms with E-state index in [2.05, 4.69) is 0 Å². The fourth-order valence-corrected chi connectivity index (χ4v) is 0.953. The topological polar surface area (TPSA) is 55.1 Å². The Balaban J connectivity index is 3.02. The molecule has 0 aliphatic heterocycles. The van der Waals surface area contributed by atoms with Crippen LogP contribution >= 0.6 is 0 Å². The smallest absolute Gasteiger partial charge is 0.238 e. The molecule has 76 valence electrons. The Bertz CT molecular complexity index is 345. The third kappa shape index (κ3) is 2.23. The van der Waals surface area contributed by atoms with Crippen LogP contribution in [0.1, 0.15) is 5.56 Å². The Hall–Kier alpha value is -1.56. The second kappa shape index (κ2) is 4.10. The number of hydrazine groups is 1. The molecule has 0 saturated carbocycles. The maximum atomic E-state index is 12.9. The highest BCUT2D eigenvalue weighted by molar-refractivity contribution is 5.77. The van der Waals surface area contributed by atoms with Crippen LogP contribution in [0.4, 0.5) is 13.2 Å². The molecule has 0 radical (unpaired) electrons. The predicted molar refractivity (Wildman–Crippen MR) is 42.4 cm³/mol. The highest BCUT2D eigenvalue weighted by Crippen LogP contribution is 2.14. The molecule has 0 aliphatic carbocycles. The minimum absolute atomic E-state index is 0.502. The SMILES string of the molecule is NNC(=O)Cc1c(F)cc(F)cc1F. The molecule has 0 heterocycles. The van der Waals surface area contributed by atoms with E-state index < -0.39 is 35.3 Å². The maximum absolute atomic E-state index is 12.9. The molecule has 0 saturated heterocycles. The number of nitrogens with two attached hydrogens (primary N) is 1. The molecule has 0 bridgehead atoms. The first-order valence-electron chi connectivity index (χ1n) is 3.67. The second-order valence-corrected chi connectivity index (χ2v) is 2.59. The first-order chi connectivity index (χ1) is 6.54. The van der Waals surface area contributed by atoms with Gasteiger partial charge in [0.05, 0.1) is 6.42 Å². The van der Waals surface area contributed by atoms with E-state index in [0.717, 1.165) is 0 Å². The van der Waals surface area contributed by atoms with E-state index in [1.807, 2.05) is 0 Å². The molecule has 0 aromatic heterocycles. The largest absolute Gasteiger partial charge is 0.294 e. The zero-order valence-electron chi connectivity index (χ0n) is 6.98. The van der Waals surface area contributed by atoms with Crippen LogP contribution < -0.4 is 11.3 Å². The van der Waals surface area contributed by atoms with E-state index in [9.17, 15) is 18.0 Å². The number of hydrogen-bond donors (Lipinski definition) is 2. The van der Waals surface area contributed by atoms with Gasteiger partial charge in [-0.2, -0.15) is 0 Å². The fraction of sp³-hybridized carbons (Fsp3) is 0.125. The normalized spacial score (nSPS) is 10.0. The standard InChI is InChI=1S/C8H7F3N2O/c9-4-1-6(10)5(7(11)2-4)3-8(14)13-12/h1-2H,3,12H2,(H,13,14). The van der Waals surface area contributed by atoms with Crippen LogP contribution in [0.15, 0.2) is 12.1 Å². The van der Waals surface area contributed by atoms with Crippen LogP contribution in [0, 0.1) is 17.5 Å². The van der Waals surface area contributed by atoms with E-state index in [1.165, 1.54) is 0 Å². The summed E-state index contributed by atoms with van der Waals surface area (Å²) in [6.45, 7) is 0. The fourth-order valence-electron chi connectivity index (χ4n) is 0.953. The van der Waals surface area contributed by atoms with E-state index in [-0.39, 0.29) is 0 Å². The van der Waals surface area contributed by atoms with Crippen molar-refractivity contribution in [3.63, 3.8) is 0 Å². The molecule has 0 fully saturated rings. The van der Waals surface area contributed by atoms with Crippen LogP contribution in [0.3, 0.4) is 0 Å². The molecular weight excluding hydrogens is 197 g/mol. The maximum Gasteiger partial charge on any atom is 0.238 e. The lowest BCUT2D eigenvalue weighted by molar-refractivity contribution is -0.120. The van der Waals surface area contributed by atoms with Gasteiger partial charge in [0, 0.05) is 17.7 Å². The summed E-state index contributed by atoms with van der Waals surface area (Å²) in [5.74, 6) is 0.735. The lowest BCUT2D eigenvalue weighted by atomic mass is 10.1. The number of carbonyl (C=O) groups excluding carboxylic acids is 1. The van der Waals surface area contributed by atoms with Gasteiger partial charge in [-0.1, -0.05) is 0 Å². The van der Waals surface area contributed by atoms with Crippen molar-refractivity contribution >= 4 is 5.91 Å². The van der Waals surface area contributed by atoms with Gasteiger partial charge in [0.25, 0.3) is 0 Å². The summed E-state index contributed by atoms with van der Waals surface area (Å²) in [4.78, 5) is 10.7. The summed E-state index contributed by atoms with van der Waals surface area (Å²) >= 11 is 0. The monoisotopic (exact) mass is 204 g/mol. The molecule has 1 aromatic rings. The quantitative estimate of drug-likeness (QED) is 0.422. The Morgan fingerprint density at radius 2 is 1.79 bits per heavy atom. The summed E-state index contributed by atoms with van der Waals surface area (Å²) in [5, 5.41) is 0. The molecule has 1 amide bonds. The minimum atomic E-state index is -1.11. The number of hydrogen-bond acceptors (Lipinski definition) is 2. The van der Waals surface area contributed by atoms with Gasteiger partial charge in [0.2, 0.25) is 5.91 Å². The van der Waals surface area contributed by atoms with E-state index in [1.54, 1.807) is 5.43 Å². The van der Waals surface area contributed by atoms with Gasteiger partial charge in [-0.05, 0) is 0 Å². The van der Waals surface area contributed by atoms with Crippen LogP contribution in [-0.2, 0) is 11.2 Å². The number of amides is 1. The Morgan fingerprint density at radius 3 is 2.21 bits per heavy atom. The Labute approximate surface area is 77.7 Å². The molecule has 3 N–H and O–H groups in total. The third-order valence-corrected chi connectivity index (χ3v) is 1.60. The molecule has 14 heavy (non-hydrogen) atoms. The average molecular weight is 204 g/mol. The number of rotatable bonds is 2. The van der Waals surface area contributed by atoms with Crippen molar-refractivity contribution in [2.75, 3.05) is 0 Å². The summed E-state index contributed by atoms with van der Waals surface area (Å²) in [7, 11) is 0. The molecule has 6 heteroatoms. The third-order valence-electron chi connectivity index (χ3n) is 1.60. The lowest BCUT2D eigenvalue weighted by Gasteiger charge is -2.03. The van der Waals surface area contributed by atoms with Gasteiger partial charge < -0.3 is 0 Å². The van der Waals surface area contributed by atoms with Gasteiger partial charge in [-0.15, -0.1) is 0 Å². The van der Waals surface area contributed by atoms with Crippen molar-refractivity contribution in [2.45, 2.75) is 6.42 Å². The number of benzene rings is 1. The molecule has 0 aliphatic rings. The van der Waals surface area contributed by atoms with Crippen molar-refractivity contribution in [3.8, 4) is 0 Å². The summed E-state index contributed by atoms with van der Waals surface area (Å²) in [6, 6.07) is 1.00. The lowest BCUT2D eigenvalue weighted by Crippen LogP contribution is -2.32. The van der Waals surface area contributed by atoms with Crippen molar-refractivity contribution in [2.24, 2.45) is 5.84 Å². The number of nitrogens with one attached hydrogen (secondary N) is 1. The Kier molecular flexibility index (Phi) is 3.08. The zero-order valence-corrected chi connectivity index (χ0v) is 6.98. The highest BCUT2D eigenvalue weighted by Gasteiger charge is 2.14. The number of carbonyl (C=O) groups is 1. The average Bonchev–Trinajstić information content (AvgIpc) is 2.10. The molecular formula is C8H7F3N2O. The van der Waals surface area contributed by atoms with Crippen LogP contribution in [-0.4, -0.2) is 5.91 Å². The minimum Gasteiger partial charge on any atom is -0.294 e. The molecule has 3 nitrogen and oxygen atoms in total. The van der Waals surface area contributed by atoms with Gasteiger partial charge in [0.15, 0.2) is 0 Å². The molecule has 1 aromatic carbocycles. The predicted octanol–water partition coefficient (Wildman–Crippen LogP) is 0.636. The van der Waals surface area contributed by atoms with Crippen molar-refractivity contribution in [1.82, 2.24) is 5.43 Å². The summed E-state index contributed by atoms with van der Waals surface area (Å²) < 4.78 is 38.2. The van der Waals surface area contributed by atoms with E-state index in [0.29, 0.717) is 12.1 Å². The van der Waals surface area contributed by atoms with Crippen molar-refractivity contribution < 1.29 is 18.0 Å². The molecule has 0 atom stereocenters. The van der Waals surface area contributed by atoms with Crippen molar-refractivity contribution in [3.05, 3.63) is 35.1 Å². The van der Waals surface area contributed by atoms with Crippen LogP contribution in [0.25, 0.3) is 0 Å². The first kappa shape index (κ1) is 10.5. The van der Waals surface area contributed by atoms with Gasteiger partial charge in [-0.25, -0.2) is 19.0 Å². The number of halogens is 3. The van der Waals surface area contributed by atoms with Gasteiger partial charge >= 0.3 is 0 Å². The first-order valence-corrected chi connectivity index (χ1v) is 3.67. The zero-order chi connectivity index (χ0) is 10.7. The van der Waals surface area contributed by atoms with E-state index in [4.69, 9.17) is 5.84 Å². The summed E-state index contributed by atoms with van der Waals surface area (Å²) in [6.07, 6.45) is -0.561. The van der Waals surface area contributed by atoms with Crippen LogP contribution in [0.5, 0.6) is 0 Å². The van der Waals surface area contributed by atoms with Gasteiger partial charge in [-0.3, -0.25) is 10.2 Å². The highest BCUT2D eigenvalue weighted by atomic mass is 19.1. The molecule has 0 unspecified atom stereocenters. The Morgan fingerprint density at radius 1 is 1.29 bits per heavy atom.